The Bertz CT molecular complexity index is 513. The summed E-state index contributed by atoms with van der Waals surface area (Å²) in [4.78, 5) is 4.09. The SMILES string of the molecule is COc1ccccc1Cc1noc([C@@H](O)CN)n1. The molecule has 6 heteroatoms. The summed E-state index contributed by atoms with van der Waals surface area (Å²) in [5.74, 6) is 1.40. The molecule has 2 aromatic rings. The van der Waals surface area contributed by atoms with E-state index in [0.717, 1.165) is 11.3 Å². The fourth-order valence-corrected chi connectivity index (χ4v) is 1.59. The molecule has 0 radical (unpaired) electrons. The predicted molar refractivity (Wildman–Crippen MR) is 64.1 cm³/mol. The van der Waals surface area contributed by atoms with Crippen LogP contribution in [0.25, 0.3) is 0 Å². The lowest BCUT2D eigenvalue weighted by Crippen LogP contribution is -2.11. The van der Waals surface area contributed by atoms with Gasteiger partial charge in [-0.05, 0) is 6.07 Å². The van der Waals surface area contributed by atoms with Crippen molar-refractivity contribution in [2.75, 3.05) is 13.7 Å². The number of aromatic nitrogens is 2. The normalized spacial score (nSPS) is 12.4. The van der Waals surface area contributed by atoms with Crippen molar-refractivity contribution in [1.82, 2.24) is 10.1 Å². The van der Waals surface area contributed by atoms with Gasteiger partial charge in [0.1, 0.15) is 11.9 Å². The molecule has 1 aromatic carbocycles. The molecule has 1 aromatic heterocycles. The maximum Gasteiger partial charge on any atom is 0.256 e. The Hall–Kier alpha value is -1.92. The summed E-state index contributed by atoms with van der Waals surface area (Å²) in [5, 5.41) is 13.3. The maximum absolute atomic E-state index is 9.46. The van der Waals surface area contributed by atoms with Crippen LogP contribution < -0.4 is 10.5 Å². The number of hydrogen-bond acceptors (Lipinski definition) is 6. The molecular weight excluding hydrogens is 234 g/mol. The first-order valence-electron chi connectivity index (χ1n) is 5.57. The van der Waals surface area contributed by atoms with Gasteiger partial charge in [0.15, 0.2) is 5.82 Å². The van der Waals surface area contributed by atoms with Crippen molar-refractivity contribution >= 4 is 0 Å². The van der Waals surface area contributed by atoms with Gasteiger partial charge in [-0.15, -0.1) is 0 Å². The second-order valence-electron chi connectivity index (χ2n) is 3.79. The van der Waals surface area contributed by atoms with Gasteiger partial charge in [-0.3, -0.25) is 0 Å². The number of para-hydroxylation sites is 1. The lowest BCUT2D eigenvalue weighted by Gasteiger charge is -2.05. The molecule has 0 saturated carbocycles. The molecular formula is C12H15N3O3. The van der Waals surface area contributed by atoms with E-state index in [-0.39, 0.29) is 12.4 Å². The minimum absolute atomic E-state index is 0.0519. The minimum atomic E-state index is -0.913. The number of ether oxygens (including phenoxy) is 1. The fourth-order valence-electron chi connectivity index (χ4n) is 1.59. The average molecular weight is 249 g/mol. The van der Waals surface area contributed by atoms with Crippen LogP contribution in [-0.2, 0) is 6.42 Å². The van der Waals surface area contributed by atoms with Gasteiger partial charge in [0.25, 0.3) is 5.89 Å². The Morgan fingerprint density at radius 1 is 1.44 bits per heavy atom. The summed E-state index contributed by atoms with van der Waals surface area (Å²) in [7, 11) is 1.61. The third-order valence-electron chi connectivity index (χ3n) is 2.53. The molecule has 0 aliphatic carbocycles. The monoisotopic (exact) mass is 249 g/mol. The number of nitrogens with zero attached hydrogens (tertiary/aromatic N) is 2. The highest BCUT2D eigenvalue weighted by molar-refractivity contribution is 5.35. The zero-order chi connectivity index (χ0) is 13.0. The summed E-state index contributed by atoms with van der Waals surface area (Å²) in [6.45, 7) is 0.0519. The van der Waals surface area contributed by atoms with E-state index < -0.39 is 6.10 Å². The highest BCUT2D eigenvalue weighted by atomic mass is 16.5. The Morgan fingerprint density at radius 2 is 2.22 bits per heavy atom. The zero-order valence-corrected chi connectivity index (χ0v) is 10.0. The smallest absolute Gasteiger partial charge is 0.256 e. The van der Waals surface area contributed by atoms with E-state index in [1.54, 1.807) is 7.11 Å². The Labute approximate surface area is 104 Å². The number of hydrogen-bond donors (Lipinski definition) is 2. The highest BCUT2D eigenvalue weighted by Gasteiger charge is 2.15. The van der Waals surface area contributed by atoms with Crippen molar-refractivity contribution in [3.63, 3.8) is 0 Å². The van der Waals surface area contributed by atoms with Crippen LogP contribution in [0.3, 0.4) is 0 Å². The van der Waals surface area contributed by atoms with Crippen molar-refractivity contribution in [1.29, 1.82) is 0 Å². The van der Waals surface area contributed by atoms with Crippen LogP contribution in [-0.4, -0.2) is 28.9 Å². The van der Waals surface area contributed by atoms with E-state index in [0.29, 0.717) is 12.2 Å². The predicted octanol–water partition coefficient (Wildman–Crippen LogP) is 0.661. The number of rotatable bonds is 5. The zero-order valence-electron chi connectivity index (χ0n) is 10.0. The van der Waals surface area contributed by atoms with Gasteiger partial charge in [0, 0.05) is 18.5 Å². The quantitative estimate of drug-likeness (QED) is 0.808. The number of aliphatic hydroxyl groups excluding tert-OH is 1. The largest absolute Gasteiger partial charge is 0.496 e. The second-order valence-corrected chi connectivity index (χ2v) is 3.79. The van der Waals surface area contributed by atoms with Crippen molar-refractivity contribution in [2.45, 2.75) is 12.5 Å². The van der Waals surface area contributed by atoms with E-state index >= 15 is 0 Å². The van der Waals surface area contributed by atoms with Gasteiger partial charge in [0.05, 0.1) is 7.11 Å². The molecule has 0 unspecified atom stereocenters. The Balaban J connectivity index is 2.16. The Kier molecular flexibility index (Phi) is 3.91. The fraction of sp³-hybridized carbons (Fsp3) is 0.333. The summed E-state index contributed by atoms with van der Waals surface area (Å²) in [5.41, 5.74) is 6.27. The van der Waals surface area contributed by atoms with E-state index in [4.69, 9.17) is 15.0 Å². The molecule has 2 rings (SSSR count). The summed E-state index contributed by atoms with van der Waals surface area (Å²) >= 11 is 0. The van der Waals surface area contributed by atoms with Gasteiger partial charge in [0.2, 0.25) is 0 Å². The lowest BCUT2D eigenvalue weighted by molar-refractivity contribution is 0.141. The van der Waals surface area contributed by atoms with Crippen LogP contribution in [0.15, 0.2) is 28.8 Å². The van der Waals surface area contributed by atoms with E-state index in [9.17, 15) is 5.11 Å². The number of benzene rings is 1. The molecule has 0 spiro atoms. The first-order chi connectivity index (χ1) is 8.74. The van der Waals surface area contributed by atoms with Gasteiger partial charge in [-0.25, -0.2) is 0 Å². The van der Waals surface area contributed by atoms with Crippen LogP contribution >= 0.6 is 0 Å². The maximum atomic E-state index is 9.46. The molecule has 0 aliphatic heterocycles. The molecule has 0 aliphatic rings. The summed E-state index contributed by atoms with van der Waals surface area (Å²) in [6, 6.07) is 7.59. The third-order valence-corrected chi connectivity index (χ3v) is 2.53. The van der Waals surface area contributed by atoms with Crippen LogP contribution in [0.1, 0.15) is 23.4 Å². The van der Waals surface area contributed by atoms with Crippen molar-refractivity contribution in [3.8, 4) is 5.75 Å². The van der Waals surface area contributed by atoms with Crippen LogP contribution in [0.4, 0.5) is 0 Å². The van der Waals surface area contributed by atoms with Gasteiger partial charge in [-0.2, -0.15) is 4.98 Å². The van der Waals surface area contributed by atoms with Crippen LogP contribution in [0, 0.1) is 0 Å². The molecule has 1 heterocycles. The molecule has 3 N–H and O–H groups in total. The molecule has 0 bridgehead atoms. The molecule has 0 saturated heterocycles. The van der Waals surface area contributed by atoms with Gasteiger partial charge < -0.3 is 20.1 Å². The van der Waals surface area contributed by atoms with E-state index in [1.807, 2.05) is 24.3 Å². The third kappa shape index (κ3) is 2.66. The molecule has 1 atom stereocenters. The lowest BCUT2D eigenvalue weighted by atomic mass is 10.1. The number of aliphatic hydroxyl groups is 1. The summed E-state index contributed by atoms with van der Waals surface area (Å²) in [6.07, 6.45) is -0.436. The van der Waals surface area contributed by atoms with Crippen LogP contribution in [0.5, 0.6) is 5.75 Å². The molecule has 18 heavy (non-hydrogen) atoms. The number of nitrogens with two attached hydrogens (primary N) is 1. The number of methoxy groups -OCH3 is 1. The van der Waals surface area contributed by atoms with E-state index in [2.05, 4.69) is 10.1 Å². The highest BCUT2D eigenvalue weighted by Crippen LogP contribution is 2.20. The second kappa shape index (κ2) is 5.61. The molecule has 6 nitrogen and oxygen atoms in total. The van der Waals surface area contributed by atoms with Crippen molar-refractivity contribution < 1.29 is 14.4 Å². The van der Waals surface area contributed by atoms with Gasteiger partial charge >= 0.3 is 0 Å². The van der Waals surface area contributed by atoms with Crippen LogP contribution in [0.2, 0.25) is 0 Å². The standard InChI is InChI=1S/C12H15N3O3/c1-17-10-5-3-2-4-8(10)6-11-14-12(18-15-11)9(16)7-13/h2-5,9,16H,6-7,13H2,1H3/t9-/m0/s1. The molecule has 0 fully saturated rings. The average Bonchev–Trinajstić information content (AvgIpc) is 2.87. The molecule has 0 amide bonds. The minimum Gasteiger partial charge on any atom is -0.496 e. The topological polar surface area (TPSA) is 94.4 Å². The van der Waals surface area contributed by atoms with Gasteiger partial charge in [-0.1, -0.05) is 23.4 Å². The van der Waals surface area contributed by atoms with Crippen molar-refractivity contribution in [2.24, 2.45) is 5.73 Å². The molecule has 96 valence electrons. The summed E-state index contributed by atoms with van der Waals surface area (Å²) < 4.78 is 10.2. The van der Waals surface area contributed by atoms with E-state index in [1.165, 1.54) is 0 Å². The van der Waals surface area contributed by atoms with Crippen molar-refractivity contribution in [3.05, 3.63) is 41.5 Å². The first kappa shape index (κ1) is 12.5. The Morgan fingerprint density at radius 3 is 2.94 bits per heavy atom. The first-order valence-corrected chi connectivity index (χ1v) is 5.57.